The Morgan fingerprint density at radius 1 is 1.05 bits per heavy atom. The number of carbonyl (C=O) groups excluding carboxylic acids is 1. The zero-order valence-corrected chi connectivity index (χ0v) is 11.9. The van der Waals surface area contributed by atoms with Crippen LogP contribution in [-0.4, -0.2) is 25.0 Å². The molecule has 102 valence electrons. The zero-order chi connectivity index (χ0) is 14.6. The summed E-state index contributed by atoms with van der Waals surface area (Å²) in [4.78, 5) is 11.2. The molecule has 0 aliphatic rings. The van der Waals surface area contributed by atoms with Crippen LogP contribution in [0.2, 0.25) is 0 Å². The maximum atomic E-state index is 11.2. The first-order chi connectivity index (χ1) is 8.66. The number of carbonyl (C=O) groups is 1. The van der Waals surface area contributed by atoms with Crippen molar-refractivity contribution < 1.29 is 17.8 Å². The van der Waals surface area contributed by atoms with E-state index >= 15 is 0 Å². The van der Waals surface area contributed by atoms with Crippen LogP contribution in [-0.2, 0) is 10.1 Å². The molecule has 0 spiro atoms. The van der Waals surface area contributed by atoms with Crippen LogP contribution in [0.25, 0.3) is 10.8 Å². The van der Waals surface area contributed by atoms with Gasteiger partial charge in [-0.1, -0.05) is 35.9 Å². The predicted octanol–water partition coefficient (Wildman–Crippen LogP) is 2.85. The largest absolute Gasteiger partial charge is 0.295 e. The Labute approximate surface area is 112 Å². The summed E-state index contributed by atoms with van der Waals surface area (Å²) < 4.78 is 25.9. The van der Waals surface area contributed by atoms with E-state index in [4.69, 9.17) is 4.55 Å². The topological polar surface area (TPSA) is 71.4 Å². The monoisotopic (exact) mass is 280 g/mol. The van der Waals surface area contributed by atoms with Gasteiger partial charge in [-0.2, -0.15) is 8.42 Å². The second kappa shape index (κ2) is 5.95. The van der Waals surface area contributed by atoms with Gasteiger partial charge < -0.3 is 0 Å². The fourth-order valence-corrected chi connectivity index (χ4v) is 1.59. The number of benzene rings is 2. The normalized spacial score (nSPS) is 10.7. The first kappa shape index (κ1) is 15.3. The number of Topliss-reactive ketones (excluding diaryl/α,β-unsaturated/α-hetero) is 1. The summed E-state index contributed by atoms with van der Waals surface area (Å²) in [5, 5.41) is 2.32. The van der Waals surface area contributed by atoms with Gasteiger partial charge in [0.25, 0.3) is 10.1 Å². The van der Waals surface area contributed by atoms with Gasteiger partial charge in [0, 0.05) is 5.56 Å². The highest BCUT2D eigenvalue weighted by Gasteiger charge is 2.00. The SMILES string of the molecule is CC(=O)c1ccc2ccc(C)cc2c1.CS(=O)(=O)O. The lowest BCUT2D eigenvalue weighted by Gasteiger charge is -2.01. The second-order valence-electron chi connectivity index (χ2n) is 4.35. The van der Waals surface area contributed by atoms with Gasteiger partial charge in [-0.15, -0.1) is 0 Å². The number of hydrogen-bond acceptors (Lipinski definition) is 3. The number of ketones is 1. The molecule has 0 heterocycles. The highest BCUT2D eigenvalue weighted by molar-refractivity contribution is 7.85. The fourth-order valence-electron chi connectivity index (χ4n) is 1.59. The Balaban J connectivity index is 0.000000312. The third-order valence-electron chi connectivity index (χ3n) is 2.40. The molecule has 0 saturated carbocycles. The summed E-state index contributed by atoms with van der Waals surface area (Å²) in [7, 11) is -3.67. The maximum Gasteiger partial charge on any atom is 0.261 e. The molecule has 0 aliphatic heterocycles. The van der Waals surface area contributed by atoms with Gasteiger partial charge in [-0.25, -0.2) is 0 Å². The second-order valence-corrected chi connectivity index (χ2v) is 5.82. The molecule has 5 heteroatoms. The highest BCUT2D eigenvalue weighted by atomic mass is 32.2. The van der Waals surface area contributed by atoms with E-state index in [1.807, 2.05) is 18.2 Å². The van der Waals surface area contributed by atoms with E-state index in [1.165, 1.54) is 10.9 Å². The Bertz CT molecular complexity index is 694. The summed E-state index contributed by atoms with van der Waals surface area (Å²) in [6.45, 7) is 3.65. The molecular weight excluding hydrogens is 264 g/mol. The summed E-state index contributed by atoms with van der Waals surface area (Å²) >= 11 is 0. The molecule has 0 aliphatic carbocycles. The van der Waals surface area contributed by atoms with Gasteiger partial charge in [-0.3, -0.25) is 9.35 Å². The first-order valence-corrected chi connectivity index (χ1v) is 7.45. The average Bonchev–Trinajstić information content (AvgIpc) is 2.25. The molecule has 0 unspecified atom stereocenters. The van der Waals surface area contributed by atoms with Gasteiger partial charge in [-0.05, 0) is 30.7 Å². The van der Waals surface area contributed by atoms with Gasteiger partial charge in [0.05, 0.1) is 6.26 Å². The number of fused-ring (bicyclic) bond motifs is 1. The van der Waals surface area contributed by atoms with Crippen LogP contribution in [0.15, 0.2) is 36.4 Å². The van der Waals surface area contributed by atoms with Crippen LogP contribution in [0.3, 0.4) is 0 Å². The van der Waals surface area contributed by atoms with E-state index in [2.05, 4.69) is 25.1 Å². The first-order valence-electron chi connectivity index (χ1n) is 5.60. The summed E-state index contributed by atoms with van der Waals surface area (Å²) in [6, 6.07) is 12.1. The van der Waals surface area contributed by atoms with Gasteiger partial charge >= 0.3 is 0 Å². The van der Waals surface area contributed by atoms with Crippen molar-refractivity contribution in [2.24, 2.45) is 0 Å². The van der Waals surface area contributed by atoms with E-state index in [-0.39, 0.29) is 5.78 Å². The molecule has 1 N–H and O–H groups in total. The van der Waals surface area contributed by atoms with Crippen LogP contribution >= 0.6 is 0 Å². The van der Waals surface area contributed by atoms with Crippen molar-refractivity contribution in [2.45, 2.75) is 13.8 Å². The van der Waals surface area contributed by atoms with Crippen LogP contribution in [0, 0.1) is 6.92 Å². The van der Waals surface area contributed by atoms with Crippen molar-refractivity contribution >= 4 is 26.7 Å². The number of hydrogen-bond donors (Lipinski definition) is 1. The Hall–Kier alpha value is -1.72. The Morgan fingerprint density at radius 2 is 1.58 bits per heavy atom. The van der Waals surface area contributed by atoms with E-state index in [1.54, 1.807) is 6.92 Å². The molecule has 0 saturated heterocycles. The lowest BCUT2D eigenvalue weighted by Crippen LogP contribution is -1.90. The van der Waals surface area contributed by atoms with E-state index in [9.17, 15) is 13.2 Å². The lowest BCUT2D eigenvalue weighted by molar-refractivity contribution is 0.101. The van der Waals surface area contributed by atoms with Gasteiger partial charge in [0.2, 0.25) is 0 Å². The summed E-state index contributed by atoms with van der Waals surface area (Å²) in [6.07, 6.45) is 0.715. The molecular formula is C14H16O4S. The number of rotatable bonds is 1. The van der Waals surface area contributed by atoms with E-state index in [0.29, 0.717) is 6.26 Å². The Kier molecular flexibility index (Phi) is 4.80. The van der Waals surface area contributed by atoms with Crippen molar-refractivity contribution in [3.8, 4) is 0 Å². The summed E-state index contributed by atoms with van der Waals surface area (Å²) in [5.41, 5.74) is 2.00. The minimum atomic E-state index is -3.67. The Morgan fingerprint density at radius 3 is 2.11 bits per heavy atom. The minimum Gasteiger partial charge on any atom is -0.295 e. The molecule has 0 aromatic heterocycles. The molecule has 2 rings (SSSR count). The van der Waals surface area contributed by atoms with Crippen molar-refractivity contribution in [1.29, 1.82) is 0 Å². The molecule has 0 bridgehead atoms. The lowest BCUT2D eigenvalue weighted by atomic mass is 10.0. The number of aryl methyl sites for hydroxylation is 1. The predicted molar refractivity (Wildman–Crippen MR) is 76.2 cm³/mol. The van der Waals surface area contributed by atoms with Crippen LogP contribution < -0.4 is 0 Å². The molecule has 0 fully saturated rings. The fraction of sp³-hybridized carbons (Fsp3) is 0.214. The maximum absolute atomic E-state index is 11.2. The zero-order valence-electron chi connectivity index (χ0n) is 11.0. The van der Waals surface area contributed by atoms with Crippen molar-refractivity contribution in [1.82, 2.24) is 0 Å². The van der Waals surface area contributed by atoms with Crippen molar-refractivity contribution in [3.05, 3.63) is 47.5 Å². The smallest absolute Gasteiger partial charge is 0.261 e. The van der Waals surface area contributed by atoms with Crippen molar-refractivity contribution in [3.63, 3.8) is 0 Å². The third kappa shape index (κ3) is 5.63. The molecule has 0 radical (unpaired) electrons. The molecule has 19 heavy (non-hydrogen) atoms. The molecule has 0 amide bonds. The molecule has 2 aromatic carbocycles. The molecule has 0 atom stereocenters. The highest BCUT2D eigenvalue weighted by Crippen LogP contribution is 2.17. The van der Waals surface area contributed by atoms with E-state index < -0.39 is 10.1 Å². The van der Waals surface area contributed by atoms with Crippen LogP contribution in [0.5, 0.6) is 0 Å². The standard InChI is InChI=1S/C13H12O.CH4O3S/c1-9-3-4-11-5-6-12(10(2)14)8-13(11)7-9;1-5(2,3)4/h3-8H,1-2H3;1H3,(H,2,3,4). The van der Waals surface area contributed by atoms with Crippen LogP contribution in [0.1, 0.15) is 22.8 Å². The van der Waals surface area contributed by atoms with Gasteiger partial charge in [0.1, 0.15) is 0 Å². The average molecular weight is 280 g/mol. The quantitative estimate of drug-likeness (QED) is 0.644. The summed E-state index contributed by atoms with van der Waals surface area (Å²) in [5.74, 6) is 0.119. The van der Waals surface area contributed by atoms with Crippen molar-refractivity contribution in [2.75, 3.05) is 6.26 Å². The van der Waals surface area contributed by atoms with E-state index in [0.717, 1.165) is 10.9 Å². The van der Waals surface area contributed by atoms with Crippen LogP contribution in [0.4, 0.5) is 0 Å². The third-order valence-corrected chi connectivity index (χ3v) is 2.40. The minimum absolute atomic E-state index is 0.119. The molecule has 4 nitrogen and oxygen atoms in total. The van der Waals surface area contributed by atoms with Gasteiger partial charge in [0.15, 0.2) is 5.78 Å². The molecule has 2 aromatic rings.